The van der Waals surface area contributed by atoms with Crippen molar-refractivity contribution >= 4 is 0 Å². The molecular weight excluding hydrogens is 138 g/mol. The summed E-state index contributed by atoms with van der Waals surface area (Å²) >= 11 is 0. The van der Waals surface area contributed by atoms with Gasteiger partial charge in [-0.15, -0.1) is 0 Å². The van der Waals surface area contributed by atoms with Crippen LogP contribution >= 0.6 is 0 Å². The van der Waals surface area contributed by atoms with E-state index in [0.29, 0.717) is 6.10 Å². The molecule has 2 unspecified atom stereocenters. The molecule has 0 saturated carbocycles. The second kappa shape index (κ2) is 3.55. The van der Waals surface area contributed by atoms with Crippen LogP contribution in [-0.2, 0) is 4.74 Å². The number of hydrogen-bond acceptors (Lipinski definition) is 2. The van der Waals surface area contributed by atoms with Crippen molar-refractivity contribution < 1.29 is 4.74 Å². The molecule has 0 amide bonds. The minimum atomic E-state index is 0.465. The van der Waals surface area contributed by atoms with Crippen molar-refractivity contribution in [1.82, 2.24) is 4.90 Å². The van der Waals surface area contributed by atoms with E-state index in [4.69, 9.17) is 4.74 Å². The number of ether oxygens (including phenoxy) is 1. The zero-order valence-corrected chi connectivity index (χ0v) is 8.00. The third kappa shape index (κ3) is 1.94. The van der Waals surface area contributed by atoms with Crippen LogP contribution in [0.5, 0.6) is 0 Å². The van der Waals surface area contributed by atoms with Crippen LogP contribution in [-0.4, -0.2) is 37.7 Å². The van der Waals surface area contributed by atoms with Crippen molar-refractivity contribution in [2.45, 2.75) is 32.4 Å². The predicted octanol–water partition coefficient (Wildman–Crippen LogP) is 1.36. The molecule has 0 N–H and O–H groups in total. The van der Waals surface area contributed by atoms with E-state index in [1.165, 1.54) is 6.42 Å². The van der Waals surface area contributed by atoms with Gasteiger partial charge < -0.3 is 9.64 Å². The van der Waals surface area contributed by atoms with Crippen LogP contribution in [0.1, 0.15) is 20.3 Å². The molecule has 1 fully saturated rings. The van der Waals surface area contributed by atoms with Crippen molar-refractivity contribution in [3.63, 3.8) is 0 Å². The van der Waals surface area contributed by atoms with Crippen LogP contribution in [0.3, 0.4) is 0 Å². The summed E-state index contributed by atoms with van der Waals surface area (Å²) in [5.41, 5.74) is 0. The summed E-state index contributed by atoms with van der Waals surface area (Å²) in [5.74, 6) is 0.750. The summed E-state index contributed by atoms with van der Waals surface area (Å²) in [7, 11) is 3.99. The van der Waals surface area contributed by atoms with Crippen molar-refractivity contribution in [3.05, 3.63) is 0 Å². The molecule has 2 nitrogen and oxygen atoms in total. The van der Waals surface area contributed by atoms with Gasteiger partial charge in [0.2, 0.25) is 0 Å². The fourth-order valence-electron chi connectivity index (χ4n) is 1.93. The van der Waals surface area contributed by atoms with Crippen molar-refractivity contribution in [2.75, 3.05) is 20.7 Å². The number of hydrogen-bond donors (Lipinski definition) is 0. The van der Waals surface area contributed by atoms with E-state index in [1.807, 2.05) is 0 Å². The summed E-state index contributed by atoms with van der Waals surface area (Å²) in [6.07, 6.45) is 1.66. The molecule has 1 heterocycles. The van der Waals surface area contributed by atoms with Crippen LogP contribution in [0.15, 0.2) is 0 Å². The molecule has 1 saturated heterocycles. The van der Waals surface area contributed by atoms with E-state index >= 15 is 0 Å². The van der Waals surface area contributed by atoms with E-state index < -0.39 is 0 Å². The van der Waals surface area contributed by atoms with E-state index in [0.717, 1.165) is 18.5 Å². The maximum atomic E-state index is 5.32. The lowest BCUT2D eigenvalue weighted by Crippen LogP contribution is -2.29. The molecule has 66 valence electrons. The van der Waals surface area contributed by atoms with Gasteiger partial charge in [-0.05, 0) is 19.4 Å². The minimum Gasteiger partial charge on any atom is -0.380 e. The Labute approximate surface area is 69.5 Å². The normalized spacial score (nSPS) is 33.5. The van der Waals surface area contributed by atoms with Crippen LogP contribution in [0.2, 0.25) is 0 Å². The van der Waals surface area contributed by atoms with Crippen LogP contribution in [0.4, 0.5) is 0 Å². The molecule has 2 heteroatoms. The largest absolute Gasteiger partial charge is 0.380 e. The first-order chi connectivity index (χ1) is 5.15. The summed E-state index contributed by atoms with van der Waals surface area (Å²) in [6.45, 7) is 5.65. The van der Waals surface area contributed by atoms with Crippen molar-refractivity contribution in [3.8, 4) is 0 Å². The molecule has 0 aromatic rings. The lowest BCUT2D eigenvalue weighted by molar-refractivity contribution is 0.111. The van der Waals surface area contributed by atoms with Crippen molar-refractivity contribution in [2.24, 2.45) is 5.92 Å². The van der Waals surface area contributed by atoms with Gasteiger partial charge in [-0.25, -0.2) is 0 Å². The average Bonchev–Trinajstić information content (AvgIpc) is 2.30. The first-order valence-corrected chi connectivity index (χ1v) is 4.38. The van der Waals surface area contributed by atoms with Crippen molar-refractivity contribution in [1.29, 1.82) is 0 Å². The first-order valence-electron chi connectivity index (χ1n) is 4.38. The molecule has 0 radical (unpaired) electrons. The van der Waals surface area contributed by atoms with Crippen LogP contribution in [0, 0.1) is 5.92 Å². The lowest BCUT2D eigenvalue weighted by Gasteiger charge is -2.22. The summed E-state index contributed by atoms with van der Waals surface area (Å²) in [5, 5.41) is 0. The molecule has 11 heavy (non-hydrogen) atoms. The maximum absolute atomic E-state index is 5.32. The fraction of sp³-hybridized carbons (Fsp3) is 1.00. The molecule has 1 aliphatic heterocycles. The van der Waals surface area contributed by atoms with Gasteiger partial charge >= 0.3 is 0 Å². The third-order valence-corrected chi connectivity index (χ3v) is 2.67. The summed E-state index contributed by atoms with van der Waals surface area (Å²) < 4.78 is 5.32. The van der Waals surface area contributed by atoms with Gasteiger partial charge in [-0.3, -0.25) is 0 Å². The Morgan fingerprint density at radius 3 is 2.36 bits per heavy atom. The van der Waals surface area contributed by atoms with E-state index in [1.54, 1.807) is 7.11 Å². The monoisotopic (exact) mass is 157 g/mol. The molecule has 0 aliphatic carbocycles. The smallest absolute Gasteiger partial charge is 0.0713 e. The maximum Gasteiger partial charge on any atom is 0.0713 e. The van der Waals surface area contributed by atoms with E-state index in [9.17, 15) is 0 Å². The van der Waals surface area contributed by atoms with E-state index in [-0.39, 0.29) is 0 Å². The average molecular weight is 157 g/mol. The SMILES string of the molecule is COC1CC(C(C)C)N(C)C1. The molecular formula is C9H19NO. The number of rotatable bonds is 2. The molecule has 0 aromatic carbocycles. The highest BCUT2D eigenvalue weighted by Crippen LogP contribution is 2.23. The van der Waals surface area contributed by atoms with Gasteiger partial charge in [-0.2, -0.15) is 0 Å². The second-order valence-electron chi connectivity index (χ2n) is 3.84. The molecule has 0 aromatic heterocycles. The Bertz CT molecular complexity index is 125. The van der Waals surface area contributed by atoms with Gasteiger partial charge in [0.15, 0.2) is 0 Å². The topological polar surface area (TPSA) is 12.5 Å². The highest BCUT2D eigenvalue weighted by molar-refractivity contribution is 4.85. The van der Waals surface area contributed by atoms with Crippen LogP contribution in [0.25, 0.3) is 0 Å². The lowest BCUT2D eigenvalue weighted by atomic mass is 10.0. The summed E-state index contributed by atoms with van der Waals surface area (Å²) in [6, 6.07) is 0.722. The molecule has 0 spiro atoms. The van der Waals surface area contributed by atoms with E-state index in [2.05, 4.69) is 25.8 Å². The minimum absolute atomic E-state index is 0.465. The zero-order chi connectivity index (χ0) is 8.43. The zero-order valence-electron chi connectivity index (χ0n) is 8.00. The van der Waals surface area contributed by atoms with Gasteiger partial charge in [0.1, 0.15) is 0 Å². The van der Waals surface area contributed by atoms with Gasteiger partial charge in [0, 0.05) is 19.7 Å². The van der Waals surface area contributed by atoms with Gasteiger partial charge in [-0.1, -0.05) is 13.8 Å². The Hall–Kier alpha value is -0.0800. The Morgan fingerprint density at radius 2 is 2.09 bits per heavy atom. The van der Waals surface area contributed by atoms with Gasteiger partial charge in [0.25, 0.3) is 0 Å². The molecule has 0 bridgehead atoms. The Kier molecular flexibility index (Phi) is 2.90. The molecule has 1 rings (SSSR count). The quantitative estimate of drug-likeness (QED) is 0.600. The van der Waals surface area contributed by atoms with Crippen LogP contribution < -0.4 is 0 Å². The number of nitrogens with zero attached hydrogens (tertiary/aromatic N) is 1. The molecule has 1 aliphatic rings. The standard InChI is InChI=1S/C9H19NO/c1-7(2)9-5-8(11-4)6-10(9)3/h7-9H,5-6H2,1-4H3. The highest BCUT2D eigenvalue weighted by Gasteiger charge is 2.30. The fourth-order valence-corrected chi connectivity index (χ4v) is 1.93. The second-order valence-corrected chi connectivity index (χ2v) is 3.84. The number of likely N-dealkylation sites (tertiary alicyclic amines) is 1. The first kappa shape index (κ1) is 9.01. The Morgan fingerprint density at radius 1 is 1.45 bits per heavy atom. The Balaban J connectivity index is 2.45. The number of likely N-dealkylation sites (N-methyl/N-ethyl adjacent to an activating group) is 1. The van der Waals surface area contributed by atoms with Gasteiger partial charge in [0.05, 0.1) is 6.10 Å². The molecule has 2 atom stereocenters. The number of methoxy groups -OCH3 is 1. The third-order valence-electron chi connectivity index (χ3n) is 2.67. The summed E-state index contributed by atoms with van der Waals surface area (Å²) in [4.78, 5) is 2.40. The predicted molar refractivity (Wildman–Crippen MR) is 46.7 cm³/mol. The highest BCUT2D eigenvalue weighted by atomic mass is 16.5.